The van der Waals surface area contributed by atoms with Gasteiger partial charge in [-0.05, 0) is 36.5 Å². The summed E-state index contributed by atoms with van der Waals surface area (Å²) in [6.45, 7) is 2.20. The molecule has 2 rings (SSSR count). The summed E-state index contributed by atoms with van der Waals surface area (Å²) in [4.78, 5) is 0. The van der Waals surface area contributed by atoms with E-state index in [1.54, 1.807) is 19.2 Å². The fourth-order valence-corrected chi connectivity index (χ4v) is 3.38. The lowest BCUT2D eigenvalue weighted by Gasteiger charge is -2.42. The van der Waals surface area contributed by atoms with E-state index in [2.05, 4.69) is 6.92 Å². The largest absolute Gasteiger partial charge is 0.385 e. The third-order valence-electron chi connectivity index (χ3n) is 4.16. The van der Waals surface area contributed by atoms with Crippen molar-refractivity contribution in [2.24, 2.45) is 5.92 Å². The van der Waals surface area contributed by atoms with Crippen LogP contribution in [0.5, 0.6) is 0 Å². The molecule has 1 aromatic carbocycles. The molecule has 1 aromatic rings. The van der Waals surface area contributed by atoms with E-state index in [4.69, 9.17) is 27.9 Å². The molecule has 1 fully saturated rings. The lowest BCUT2D eigenvalue weighted by molar-refractivity contribution is -0.134. The number of ether oxygens (including phenoxy) is 1. The van der Waals surface area contributed by atoms with Crippen LogP contribution in [0.15, 0.2) is 18.2 Å². The molecule has 1 saturated carbocycles. The van der Waals surface area contributed by atoms with Crippen LogP contribution in [0.2, 0.25) is 10.0 Å². The number of benzene rings is 1. The monoisotopic (exact) mass is 302 g/mol. The van der Waals surface area contributed by atoms with Crippen molar-refractivity contribution in [1.82, 2.24) is 0 Å². The maximum Gasteiger partial charge on any atom is 0.108 e. The molecule has 0 bridgehead atoms. The van der Waals surface area contributed by atoms with Crippen LogP contribution in [-0.2, 0) is 4.74 Å². The van der Waals surface area contributed by atoms with Crippen molar-refractivity contribution in [1.29, 1.82) is 0 Å². The van der Waals surface area contributed by atoms with Crippen LogP contribution in [0.4, 0.5) is 0 Å². The van der Waals surface area contributed by atoms with Gasteiger partial charge < -0.3 is 9.84 Å². The van der Waals surface area contributed by atoms with E-state index in [0.29, 0.717) is 16.0 Å². The van der Waals surface area contributed by atoms with Crippen LogP contribution in [0.1, 0.15) is 44.3 Å². The zero-order chi connectivity index (χ0) is 14.0. The van der Waals surface area contributed by atoms with E-state index >= 15 is 0 Å². The Kier molecular flexibility index (Phi) is 4.78. The average molecular weight is 303 g/mol. The Labute approximate surface area is 124 Å². The molecule has 0 amide bonds. The van der Waals surface area contributed by atoms with Gasteiger partial charge in [-0.25, -0.2) is 0 Å². The van der Waals surface area contributed by atoms with Gasteiger partial charge in [-0.2, -0.15) is 0 Å². The second-order valence-electron chi connectivity index (χ2n) is 5.55. The van der Waals surface area contributed by atoms with Gasteiger partial charge in [0.25, 0.3) is 0 Å². The number of halogens is 2. The number of methoxy groups -OCH3 is 1. The Balaban J connectivity index is 2.29. The first-order valence-corrected chi connectivity index (χ1v) is 7.42. The first-order chi connectivity index (χ1) is 8.98. The summed E-state index contributed by atoms with van der Waals surface area (Å²) < 4.78 is 5.71. The smallest absolute Gasteiger partial charge is 0.108 e. The number of rotatable bonds is 3. The van der Waals surface area contributed by atoms with Crippen molar-refractivity contribution >= 4 is 23.2 Å². The van der Waals surface area contributed by atoms with Crippen LogP contribution >= 0.6 is 23.2 Å². The van der Waals surface area contributed by atoms with Crippen LogP contribution in [0, 0.1) is 5.92 Å². The number of aliphatic hydroxyl groups is 1. The van der Waals surface area contributed by atoms with Crippen molar-refractivity contribution < 1.29 is 9.84 Å². The molecule has 0 spiro atoms. The van der Waals surface area contributed by atoms with Crippen molar-refractivity contribution in [3.8, 4) is 0 Å². The Morgan fingerprint density at radius 3 is 2.68 bits per heavy atom. The Bertz CT molecular complexity index is 450. The van der Waals surface area contributed by atoms with Gasteiger partial charge in [0.1, 0.15) is 6.10 Å². The van der Waals surface area contributed by atoms with Crippen molar-refractivity contribution in [3.63, 3.8) is 0 Å². The second-order valence-corrected chi connectivity index (χ2v) is 6.36. The fourth-order valence-electron chi connectivity index (χ4n) is 3.08. The Morgan fingerprint density at radius 2 is 2.11 bits per heavy atom. The van der Waals surface area contributed by atoms with Gasteiger partial charge in [-0.1, -0.05) is 49.0 Å². The summed E-state index contributed by atoms with van der Waals surface area (Å²) in [7, 11) is 1.68. The van der Waals surface area contributed by atoms with E-state index in [-0.39, 0.29) is 0 Å². The molecule has 0 saturated heterocycles. The minimum absolute atomic E-state index is 0.466. The highest BCUT2D eigenvalue weighted by Crippen LogP contribution is 2.43. The Hall–Kier alpha value is -0.280. The molecular formula is C15H20Cl2O2. The fraction of sp³-hybridized carbons (Fsp3) is 0.600. The predicted octanol–water partition coefficient (Wildman–Crippen LogP) is 4.62. The summed E-state index contributed by atoms with van der Waals surface area (Å²) in [5, 5.41) is 11.7. The molecule has 0 aromatic heterocycles. The lowest BCUT2D eigenvalue weighted by atomic mass is 9.74. The zero-order valence-corrected chi connectivity index (χ0v) is 12.8. The van der Waals surface area contributed by atoms with E-state index in [1.807, 2.05) is 6.07 Å². The third kappa shape index (κ3) is 3.08. The van der Waals surface area contributed by atoms with Gasteiger partial charge in [0.2, 0.25) is 0 Å². The summed E-state index contributed by atoms with van der Waals surface area (Å²) >= 11 is 11.9. The lowest BCUT2D eigenvalue weighted by Crippen LogP contribution is -2.42. The predicted molar refractivity (Wildman–Crippen MR) is 78.8 cm³/mol. The number of hydrogen-bond donors (Lipinski definition) is 1. The van der Waals surface area contributed by atoms with Gasteiger partial charge in [-0.15, -0.1) is 0 Å². The van der Waals surface area contributed by atoms with Crippen LogP contribution < -0.4 is 0 Å². The zero-order valence-electron chi connectivity index (χ0n) is 11.3. The Morgan fingerprint density at radius 1 is 1.37 bits per heavy atom. The molecule has 106 valence electrons. The molecule has 3 atom stereocenters. The van der Waals surface area contributed by atoms with Crippen molar-refractivity contribution in [2.45, 2.75) is 44.3 Å². The van der Waals surface area contributed by atoms with E-state index in [9.17, 15) is 5.11 Å². The van der Waals surface area contributed by atoms with Crippen LogP contribution in [0.3, 0.4) is 0 Å². The SMILES string of the molecule is COC1(C(O)c2ccc(Cl)c(Cl)c2)CCCC(C)C1. The standard InChI is InChI=1S/C15H20Cl2O2/c1-10-4-3-7-15(9-10,19-2)14(18)11-5-6-12(16)13(17)8-11/h5-6,8,10,14,18H,3-4,7,9H2,1-2H3. The maximum atomic E-state index is 10.7. The molecule has 1 aliphatic rings. The third-order valence-corrected chi connectivity index (χ3v) is 4.89. The summed E-state index contributed by atoms with van der Waals surface area (Å²) in [5.74, 6) is 0.561. The number of aliphatic hydroxyl groups excluding tert-OH is 1. The number of hydrogen-bond acceptors (Lipinski definition) is 2. The minimum atomic E-state index is -0.671. The molecule has 1 N–H and O–H groups in total. The molecule has 0 radical (unpaired) electrons. The highest BCUT2D eigenvalue weighted by molar-refractivity contribution is 6.42. The normalized spacial score (nSPS) is 29.2. The van der Waals surface area contributed by atoms with E-state index < -0.39 is 11.7 Å². The molecule has 0 heterocycles. The quantitative estimate of drug-likeness (QED) is 0.882. The molecule has 2 nitrogen and oxygen atoms in total. The van der Waals surface area contributed by atoms with Crippen molar-refractivity contribution in [3.05, 3.63) is 33.8 Å². The summed E-state index contributed by atoms with van der Waals surface area (Å²) in [6.07, 6.45) is 3.34. The van der Waals surface area contributed by atoms with E-state index in [1.165, 1.54) is 6.42 Å². The highest BCUT2D eigenvalue weighted by Gasteiger charge is 2.42. The first-order valence-electron chi connectivity index (χ1n) is 6.66. The minimum Gasteiger partial charge on any atom is -0.385 e. The second kappa shape index (κ2) is 6.01. The summed E-state index contributed by atoms with van der Waals surface area (Å²) in [6, 6.07) is 5.27. The molecular weight excluding hydrogens is 283 g/mol. The van der Waals surface area contributed by atoms with Gasteiger partial charge >= 0.3 is 0 Å². The molecule has 0 aliphatic heterocycles. The van der Waals surface area contributed by atoms with Gasteiger partial charge in [0.15, 0.2) is 0 Å². The van der Waals surface area contributed by atoms with Gasteiger partial charge in [0, 0.05) is 7.11 Å². The average Bonchev–Trinajstić information content (AvgIpc) is 2.41. The molecule has 3 unspecified atom stereocenters. The van der Waals surface area contributed by atoms with Gasteiger partial charge in [-0.3, -0.25) is 0 Å². The highest BCUT2D eigenvalue weighted by atomic mass is 35.5. The molecule has 1 aliphatic carbocycles. The molecule has 4 heteroatoms. The maximum absolute atomic E-state index is 10.7. The van der Waals surface area contributed by atoms with Gasteiger partial charge in [0.05, 0.1) is 15.6 Å². The topological polar surface area (TPSA) is 29.5 Å². The van der Waals surface area contributed by atoms with Crippen LogP contribution in [-0.4, -0.2) is 17.8 Å². The first kappa shape index (κ1) is 15.1. The van der Waals surface area contributed by atoms with Crippen LogP contribution in [0.25, 0.3) is 0 Å². The summed E-state index contributed by atoms with van der Waals surface area (Å²) in [5.41, 5.74) is 0.264. The van der Waals surface area contributed by atoms with E-state index in [0.717, 1.165) is 24.8 Å². The van der Waals surface area contributed by atoms with Crippen molar-refractivity contribution in [2.75, 3.05) is 7.11 Å². The molecule has 19 heavy (non-hydrogen) atoms.